The van der Waals surface area contributed by atoms with E-state index in [2.05, 4.69) is 5.32 Å². The number of thiophene rings is 1. The SMILES string of the molecule is CCOc1ccc(CCC(=O)NCc2ccc(C(=O)O)s2)cc1. The Labute approximate surface area is 138 Å². The van der Waals surface area contributed by atoms with Crippen LogP contribution in [-0.4, -0.2) is 23.6 Å². The molecule has 0 saturated heterocycles. The number of benzene rings is 1. The van der Waals surface area contributed by atoms with Crippen LogP contribution in [0.1, 0.15) is 33.5 Å². The topological polar surface area (TPSA) is 75.6 Å². The fourth-order valence-corrected chi connectivity index (χ4v) is 2.83. The highest BCUT2D eigenvalue weighted by Gasteiger charge is 2.08. The molecule has 0 unspecified atom stereocenters. The smallest absolute Gasteiger partial charge is 0.345 e. The minimum atomic E-state index is -0.942. The third-order valence-corrected chi connectivity index (χ3v) is 4.28. The maximum absolute atomic E-state index is 11.9. The number of aromatic carboxylic acids is 1. The zero-order valence-corrected chi connectivity index (χ0v) is 13.7. The van der Waals surface area contributed by atoms with E-state index < -0.39 is 5.97 Å². The number of nitrogens with one attached hydrogen (secondary N) is 1. The average Bonchev–Trinajstić information content (AvgIpc) is 3.02. The van der Waals surface area contributed by atoms with E-state index in [1.54, 1.807) is 12.1 Å². The highest BCUT2D eigenvalue weighted by molar-refractivity contribution is 7.13. The Morgan fingerprint density at radius 2 is 1.91 bits per heavy atom. The summed E-state index contributed by atoms with van der Waals surface area (Å²) in [5.74, 6) is -0.167. The Kier molecular flexibility index (Phi) is 6.17. The number of carbonyl (C=O) groups is 2. The van der Waals surface area contributed by atoms with Gasteiger partial charge in [-0.15, -0.1) is 11.3 Å². The number of hydrogen-bond acceptors (Lipinski definition) is 4. The largest absolute Gasteiger partial charge is 0.494 e. The minimum Gasteiger partial charge on any atom is -0.494 e. The van der Waals surface area contributed by atoms with Gasteiger partial charge >= 0.3 is 5.97 Å². The summed E-state index contributed by atoms with van der Waals surface area (Å²) in [6, 6.07) is 11.0. The number of amides is 1. The molecule has 0 atom stereocenters. The van der Waals surface area contributed by atoms with Gasteiger partial charge in [0, 0.05) is 11.3 Å². The lowest BCUT2D eigenvalue weighted by Crippen LogP contribution is -2.22. The predicted molar refractivity (Wildman–Crippen MR) is 89.1 cm³/mol. The third-order valence-electron chi connectivity index (χ3n) is 3.21. The number of rotatable bonds is 8. The van der Waals surface area contributed by atoms with E-state index in [0.29, 0.717) is 26.0 Å². The lowest BCUT2D eigenvalue weighted by Gasteiger charge is -2.06. The van der Waals surface area contributed by atoms with Crippen molar-refractivity contribution in [1.29, 1.82) is 0 Å². The summed E-state index contributed by atoms with van der Waals surface area (Å²) in [6.45, 7) is 2.93. The molecule has 2 N–H and O–H groups in total. The van der Waals surface area contributed by atoms with Gasteiger partial charge in [-0.25, -0.2) is 4.79 Å². The van der Waals surface area contributed by atoms with Crippen LogP contribution in [-0.2, 0) is 17.8 Å². The van der Waals surface area contributed by atoms with Crippen molar-refractivity contribution in [1.82, 2.24) is 5.32 Å². The number of carbonyl (C=O) groups excluding carboxylic acids is 1. The molecule has 2 rings (SSSR count). The first-order valence-electron chi connectivity index (χ1n) is 7.39. The van der Waals surface area contributed by atoms with Crippen molar-refractivity contribution in [2.24, 2.45) is 0 Å². The molecular weight excluding hydrogens is 314 g/mol. The lowest BCUT2D eigenvalue weighted by atomic mass is 10.1. The first-order valence-corrected chi connectivity index (χ1v) is 8.20. The van der Waals surface area contributed by atoms with E-state index in [-0.39, 0.29) is 10.8 Å². The number of ether oxygens (including phenoxy) is 1. The molecule has 0 radical (unpaired) electrons. The van der Waals surface area contributed by atoms with Crippen LogP contribution >= 0.6 is 11.3 Å². The van der Waals surface area contributed by atoms with Crippen molar-refractivity contribution in [2.45, 2.75) is 26.3 Å². The van der Waals surface area contributed by atoms with Crippen LogP contribution in [0.4, 0.5) is 0 Å². The van der Waals surface area contributed by atoms with Crippen LogP contribution < -0.4 is 10.1 Å². The fourth-order valence-electron chi connectivity index (χ4n) is 2.04. The standard InChI is InChI=1S/C17H19NO4S/c1-2-22-13-6-3-12(4-7-13)5-10-16(19)18-11-14-8-9-15(23-14)17(20)21/h3-4,6-9H,2,5,10-11H2,1H3,(H,18,19)(H,20,21). The number of carboxylic acids is 1. The summed E-state index contributed by atoms with van der Waals surface area (Å²) in [4.78, 5) is 23.8. The Hall–Kier alpha value is -2.34. The lowest BCUT2D eigenvalue weighted by molar-refractivity contribution is -0.121. The minimum absolute atomic E-state index is 0.0517. The van der Waals surface area contributed by atoms with Gasteiger partial charge in [0.05, 0.1) is 13.2 Å². The summed E-state index contributed by atoms with van der Waals surface area (Å²) in [5.41, 5.74) is 1.08. The van der Waals surface area contributed by atoms with E-state index in [4.69, 9.17) is 9.84 Å². The molecule has 1 amide bonds. The van der Waals surface area contributed by atoms with Crippen molar-refractivity contribution < 1.29 is 19.4 Å². The molecular formula is C17H19NO4S. The van der Waals surface area contributed by atoms with E-state index in [9.17, 15) is 9.59 Å². The Morgan fingerprint density at radius 1 is 1.17 bits per heavy atom. The van der Waals surface area contributed by atoms with Crippen LogP contribution in [0, 0.1) is 0 Å². The molecule has 5 nitrogen and oxygen atoms in total. The summed E-state index contributed by atoms with van der Waals surface area (Å²) >= 11 is 1.18. The zero-order valence-electron chi connectivity index (χ0n) is 12.9. The van der Waals surface area contributed by atoms with Gasteiger partial charge in [-0.1, -0.05) is 12.1 Å². The molecule has 0 aliphatic heterocycles. The van der Waals surface area contributed by atoms with Crippen molar-refractivity contribution >= 4 is 23.2 Å². The van der Waals surface area contributed by atoms with Crippen molar-refractivity contribution in [2.75, 3.05) is 6.61 Å². The third kappa shape index (κ3) is 5.41. The highest BCUT2D eigenvalue weighted by Crippen LogP contribution is 2.16. The van der Waals surface area contributed by atoms with Crippen molar-refractivity contribution in [3.63, 3.8) is 0 Å². The Morgan fingerprint density at radius 3 is 2.52 bits per heavy atom. The van der Waals surface area contributed by atoms with E-state index in [1.165, 1.54) is 11.3 Å². The van der Waals surface area contributed by atoms with Crippen LogP contribution in [0.25, 0.3) is 0 Å². The monoisotopic (exact) mass is 333 g/mol. The van der Waals surface area contributed by atoms with Gasteiger partial charge in [0.15, 0.2) is 0 Å². The fraction of sp³-hybridized carbons (Fsp3) is 0.294. The van der Waals surface area contributed by atoms with Crippen LogP contribution in [0.3, 0.4) is 0 Å². The quantitative estimate of drug-likeness (QED) is 0.778. The molecule has 1 aromatic carbocycles. The van der Waals surface area contributed by atoms with Gasteiger partial charge < -0.3 is 15.2 Å². The van der Waals surface area contributed by atoms with Crippen LogP contribution in [0.2, 0.25) is 0 Å². The Balaban J connectivity index is 1.75. The highest BCUT2D eigenvalue weighted by atomic mass is 32.1. The second kappa shape index (κ2) is 8.33. The van der Waals surface area contributed by atoms with Gasteiger partial charge in [-0.05, 0) is 43.2 Å². The van der Waals surface area contributed by atoms with Gasteiger partial charge in [0.1, 0.15) is 10.6 Å². The van der Waals surface area contributed by atoms with E-state index >= 15 is 0 Å². The summed E-state index contributed by atoms with van der Waals surface area (Å²) in [5, 5.41) is 11.7. The maximum Gasteiger partial charge on any atom is 0.345 e. The predicted octanol–water partition coefficient (Wildman–Crippen LogP) is 3.09. The Bertz CT molecular complexity index is 663. The molecule has 6 heteroatoms. The molecule has 122 valence electrons. The number of hydrogen-bond donors (Lipinski definition) is 2. The first kappa shape index (κ1) is 17.0. The molecule has 1 heterocycles. The molecule has 1 aromatic heterocycles. The van der Waals surface area contributed by atoms with E-state index in [1.807, 2.05) is 31.2 Å². The first-order chi connectivity index (χ1) is 11.1. The van der Waals surface area contributed by atoms with Crippen LogP contribution in [0.5, 0.6) is 5.75 Å². The summed E-state index contributed by atoms with van der Waals surface area (Å²) in [6.07, 6.45) is 1.05. The van der Waals surface area contributed by atoms with Crippen molar-refractivity contribution in [3.05, 3.63) is 51.7 Å². The number of aryl methyl sites for hydroxylation is 1. The normalized spacial score (nSPS) is 10.3. The van der Waals surface area contributed by atoms with Crippen LogP contribution in [0.15, 0.2) is 36.4 Å². The molecule has 0 bridgehead atoms. The molecule has 2 aromatic rings. The average molecular weight is 333 g/mol. The van der Waals surface area contributed by atoms with Gasteiger partial charge in [0.2, 0.25) is 5.91 Å². The molecule has 23 heavy (non-hydrogen) atoms. The van der Waals surface area contributed by atoms with Gasteiger partial charge in [-0.2, -0.15) is 0 Å². The zero-order chi connectivity index (χ0) is 16.7. The van der Waals surface area contributed by atoms with Gasteiger partial charge in [0.25, 0.3) is 0 Å². The van der Waals surface area contributed by atoms with Gasteiger partial charge in [-0.3, -0.25) is 4.79 Å². The number of carboxylic acid groups (broad SMARTS) is 1. The van der Waals surface area contributed by atoms with Crippen molar-refractivity contribution in [3.8, 4) is 5.75 Å². The molecule has 0 aliphatic carbocycles. The molecule has 0 spiro atoms. The molecule has 0 aliphatic rings. The molecule has 0 saturated carbocycles. The summed E-state index contributed by atoms with van der Waals surface area (Å²) < 4.78 is 5.37. The summed E-state index contributed by atoms with van der Waals surface area (Å²) in [7, 11) is 0. The second-order valence-electron chi connectivity index (χ2n) is 4.92. The second-order valence-corrected chi connectivity index (χ2v) is 6.09. The van der Waals surface area contributed by atoms with E-state index in [0.717, 1.165) is 16.2 Å². The maximum atomic E-state index is 11.9. The molecule has 0 fully saturated rings.